The number of fused-ring (bicyclic) bond motifs is 3. The fourth-order valence-corrected chi connectivity index (χ4v) is 3.18. The first-order valence-electron chi connectivity index (χ1n) is 7.64. The van der Waals surface area contributed by atoms with Crippen molar-refractivity contribution < 1.29 is 9.90 Å². The van der Waals surface area contributed by atoms with E-state index in [1.165, 1.54) is 4.57 Å². The third kappa shape index (κ3) is 2.51. The van der Waals surface area contributed by atoms with Crippen LogP contribution in [-0.2, 0) is 6.54 Å². The van der Waals surface area contributed by atoms with Gasteiger partial charge in [0.1, 0.15) is 6.54 Å². The second-order valence-corrected chi connectivity index (χ2v) is 6.16. The quantitative estimate of drug-likeness (QED) is 0.767. The maximum atomic E-state index is 11.5. The van der Waals surface area contributed by atoms with Gasteiger partial charge in [-0.1, -0.05) is 35.9 Å². The lowest BCUT2D eigenvalue weighted by Gasteiger charge is -2.14. The molecule has 0 radical (unpaired) electrons. The highest BCUT2D eigenvalue weighted by Gasteiger charge is 2.26. The first-order chi connectivity index (χ1) is 12.1. The minimum atomic E-state index is -1.14. The van der Waals surface area contributed by atoms with Gasteiger partial charge < -0.3 is 5.11 Å². The van der Waals surface area contributed by atoms with E-state index in [1.807, 2.05) is 31.2 Å². The second kappa shape index (κ2) is 5.82. The molecule has 2 aromatic carbocycles. The molecule has 6 nitrogen and oxygen atoms in total. The third-order valence-corrected chi connectivity index (χ3v) is 4.39. The van der Waals surface area contributed by atoms with E-state index in [0.717, 1.165) is 22.4 Å². The summed E-state index contributed by atoms with van der Waals surface area (Å²) >= 11 is 6.21. The van der Waals surface area contributed by atoms with Crippen molar-refractivity contribution in [3.05, 3.63) is 75.8 Å². The monoisotopic (exact) mass is 352 g/mol. The summed E-state index contributed by atoms with van der Waals surface area (Å²) < 4.78 is 1.53. The summed E-state index contributed by atoms with van der Waals surface area (Å²) in [6.45, 7) is 2.24. The zero-order valence-corrected chi connectivity index (χ0v) is 14.0. The fourth-order valence-electron chi connectivity index (χ4n) is 3.01. The van der Waals surface area contributed by atoms with Crippen molar-refractivity contribution in [2.24, 2.45) is 4.99 Å². The Labute approximate surface area is 148 Å². The van der Waals surface area contributed by atoms with Crippen molar-refractivity contribution in [2.75, 3.05) is 0 Å². The molecule has 4 rings (SSSR count). The smallest absolute Gasteiger partial charge is 0.374 e. The van der Waals surface area contributed by atoms with Crippen molar-refractivity contribution in [1.29, 1.82) is 0 Å². The van der Waals surface area contributed by atoms with E-state index in [9.17, 15) is 9.90 Å². The Morgan fingerprint density at radius 2 is 1.96 bits per heavy atom. The molecule has 1 aliphatic heterocycles. The van der Waals surface area contributed by atoms with E-state index in [1.54, 1.807) is 18.2 Å². The van der Waals surface area contributed by atoms with Crippen molar-refractivity contribution in [1.82, 2.24) is 14.8 Å². The molecule has 1 aliphatic rings. The van der Waals surface area contributed by atoms with Crippen molar-refractivity contribution in [3.8, 4) is 5.69 Å². The molecule has 0 saturated heterocycles. The summed E-state index contributed by atoms with van der Waals surface area (Å²) in [4.78, 5) is 16.2. The molecule has 0 amide bonds. The number of aliphatic imine (C=N–C) groups is 1. The van der Waals surface area contributed by atoms with Crippen LogP contribution >= 0.6 is 11.6 Å². The maximum absolute atomic E-state index is 11.5. The van der Waals surface area contributed by atoms with Crippen LogP contribution in [0.5, 0.6) is 0 Å². The average molecular weight is 353 g/mol. The van der Waals surface area contributed by atoms with E-state index in [4.69, 9.17) is 16.6 Å². The molecule has 0 spiro atoms. The normalized spacial score (nSPS) is 12.8. The van der Waals surface area contributed by atoms with Gasteiger partial charge >= 0.3 is 5.97 Å². The van der Waals surface area contributed by atoms with Gasteiger partial charge in [-0.15, -0.1) is 10.2 Å². The number of nitrogens with zero attached hydrogens (tertiary/aromatic N) is 4. The number of carboxylic acid groups (broad SMARTS) is 1. The molecule has 7 heteroatoms. The third-order valence-electron chi connectivity index (χ3n) is 4.15. The Kier molecular flexibility index (Phi) is 3.62. The molecule has 0 fully saturated rings. The number of carbonyl (C=O) groups is 1. The summed E-state index contributed by atoms with van der Waals surface area (Å²) in [5, 5.41) is 17.8. The lowest BCUT2D eigenvalue weighted by molar-refractivity contribution is 0.0680. The van der Waals surface area contributed by atoms with Crippen LogP contribution < -0.4 is 0 Å². The van der Waals surface area contributed by atoms with E-state index in [0.29, 0.717) is 16.5 Å². The van der Waals surface area contributed by atoms with Gasteiger partial charge in [-0.2, -0.15) is 0 Å². The van der Waals surface area contributed by atoms with Crippen LogP contribution in [0, 0.1) is 6.92 Å². The minimum absolute atomic E-state index is 0.139. The summed E-state index contributed by atoms with van der Waals surface area (Å²) in [6, 6.07) is 13.2. The van der Waals surface area contributed by atoms with Gasteiger partial charge in [0.05, 0.1) is 11.4 Å². The summed E-state index contributed by atoms with van der Waals surface area (Å²) in [7, 11) is 0. The van der Waals surface area contributed by atoms with Gasteiger partial charge in [0.25, 0.3) is 0 Å². The standard InChI is InChI=1S/C18H13ClN4O2/c1-10-4-2-3-5-12(10)16-13-8-11(19)6-7-14(13)23-15(9-20-16)21-22-17(23)18(24)25/h2-8H,9H2,1H3,(H,24,25). The molecule has 3 aromatic rings. The Hall–Kier alpha value is -2.99. The van der Waals surface area contributed by atoms with E-state index >= 15 is 0 Å². The second-order valence-electron chi connectivity index (χ2n) is 5.72. The first-order valence-corrected chi connectivity index (χ1v) is 8.02. The van der Waals surface area contributed by atoms with E-state index in [-0.39, 0.29) is 12.4 Å². The molecule has 0 saturated carbocycles. The molecule has 25 heavy (non-hydrogen) atoms. The Balaban J connectivity index is 2.03. The number of aryl methyl sites for hydroxylation is 1. The van der Waals surface area contributed by atoms with Crippen LogP contribution in [0.1, 0.15) is 33.1 Å². The lowest BCUT2D eigenvalue weighted by atomic mass is 9.97. The van der Waals surface area contributed by atoms with Gasteiger partial charge in [0, 0.05) is 16.1 Å². The largest absolute Gasteiger partial charge is 0.475 e. The van der Waals surface area contributed by atoms with Gasteiger partial charge in [-0.3, -0.25) is 9.56 Å². The van der Waals surface area contributed by atoms with Gasteiger partial charge in [0.2, 0.25) is 5.82 Å². The Bertz CT molecular complexity index is 1040. The van der Waals surface area contributed by atoms with Crippen LogP contribution in [0.3, 0.4) is 0 Å². The van der Waals surface area contributed by atoms with Gasteiger partial charge in [0.15, 0.2) is 5.82 Å². The number of aromatic nitrogens is 3. The first kappa shape index (κ1) is 15.5. The van der Waals surface area contributed by atoms with Crippen molar-refractivity contribution in [3.63, 3.8) is 0 Å². The molecular formula is C18H13ClN4O2. The predicted molar refractivity (Wildman–Crippen MR) is 93.9 cm³/mol. The summed E-state index contributed by atoms with van der Waals surface area (Å²) in [6.07, 6.45) is 0. The molecule has 0 bridgehead atoms. The number of hydrogen-bond acceptors (Lipinski definition) is 4. The topological polar surface area (TPSA) is 80.4 Å². The Morgan fingerprint density at radius 3 is 2.72 bits per heavy atom. The molecule has 2 heterocycles. The summed E-state index contributed by atoms with van der Waals surface area (Å²) in [5.41, 5.74) is 4.21. The number of benzene rings is 2. The average Bonchev–Trinajstić information content (AvgIpc) is 2.94. The SMILES string of the molecule is Cc1ccccc1C1=NCc2nnc(C(=O)O)n2-c2ccc(Cl)cc21. The summed E-state index contributed by atoms with van der Waals surface area (Å²) in [5.74, 6) is -0.802. The molecule has 0 aliphatic carbocycles. The van der Waals surface area contributed by atoms with Crippen LogP contribution in [0.4, 0.5) is 0 Å². The lowest BCUT2D eigenvalue weighted by Crippen LogP contribution is -2.13. The maximum Gasteiger partial charge on any atom is 0.374 e. The molecule has 0 unspecified atom stereocenters. The highest BCUT2D eigenvalue weighted by atomic mass is 35.5. The molecule has 124 valence electrons. The van der Waals surface area contributed by atoms with Crippen molar-refractivity contribution in [2.45, 2.75) is 13.5 Å². The molecule has 1 N–H and O–H groups in total. The van der Waals surface area contributed by atoms with Crippen molar-refractivity contribution >= 4 is 23.3 Å². The highest BCUT2D eigenvalue weighted by Crippen LogP contribution is 2.29. The number of carboxylic acids is 1. The van der Waals surface area contributed by atoms with Crippen LogP contribution in [0.15, 0.2) is 47.5 Å². The van der Waals surface area contributed by atoms with Crippen LogP contribution in [0.2, 0.25) is 5.02 Å². The van der Waals surface area contributed by atoms with E-state index in [2.05, 4.69) is 10.2 Å². The number of halogens is 1. The minimum Gasteiger partial charge on any atom is -0.475 e. The highest BCUT2D eigenvalue weighted by molar-refractivity contribution is 6.31. The van der Waals surface area contributed by atoms with Gasteiger partial charge in [-0.25, -0.2) is 4.79 Å². The number of aromatic carboxylic acids is 1. The number of rotatable bonds is 2. The molecular weight excluding hydrogens is 340 g/mol. The zero-order chi connectivity index (χ0) is 17.6. The van der Waals surface area contributed by atoms with Gasteiger partial charge in [-0.05, 0) is 30.7 Å². The number of hydrogen-bond donors (Lipinski definition) is 1. The molecule has 1 aromatic heterocycles. The Morgan fingerprint density at radius 1 is 1.16 bits per heavy atom. The van der Waals surface area contributed by atoms with Crippen LogP contribution in [-0.4, -0.2) is 31.6 Å². The van der Waals surface area contributed by atoms with Crippen LogP contribution in [0.25, 0.3) is 5.69 Å². The van der Waals surface area contributed by atoms with E-state index < -0.39 is 5.97 Å². The predicted octanol–water partition coefficient (Wildman–Crippen LogP) is 3.28. The zero-order valence-electron chi connectivity index (χ0n) is 13.3. The molecule has 0 atom stereocenters. The fraction of sp³-hybridized carbons (Fsp3) is 0.111.